The van der Waals surface area contributed by atoms with Gasteiger partial charge in [0, 0.05) is 31.5 Å². The van der Waals surface area contributed by atoms with Crippen LogP contribution in [-0.2, 0) is 38.0 Å². The molecule has 2 aliphatic carbocycles. The molecule has 68 heavy (non-hydrogen) atoms. The van der Waals surface area contributed by atoms with Gasteiger partial charge in [-0.15, -0.1) is 0 Å². The van der Waals surface area contributed by atoms with Crippen molar-refractivity contribution < 1.29 is 104 Å². The van der Waals surface area contributed by atoms with Crippen LogP contribution in [0.1, 0.15) is 72.6 Å². The van der Waals surface area contributed by atoms with Crippen LogP contribution in [0.2, 0.25) is 0 Å². The second kappa shape index (κ2) is 27.4. The Hall–Kier alpha value is -1.62. The molecule has 5 rings (SSSR count). The molecule has 5 aliphatic rings. The smallest absolute Gasteiger partial charge is 0.187 e. The predicted molar refractivity (Wildman–Crippen MR) is 234 cm³/mol. The molecule has 3 saturated heterocycles. The largest absolute Gasteiger partial charge is 0.394 e. The maximum absolute atomic E-state index is 12.6. The summed E-state index contributed by atoms with van der Waals surface area (Å²) in [4.78, 5) is 24.7. The van der Waals surface area contributed by atoms with Crippen LogP contribution < -0.4 is 28.7 Å². The molecule has 26 heteroatoms. The number of Topliss-reactive ketones (excluding diaryl/α,β-unsaturated/α-hetero) is 2. The molecule has 26 nitrogen and oxygen atoms in total. The van der Waals surface area contributed by atoms with E-state index in [4.69, 9.17) is 57.1 Å². The van der Waals surface area contributed by atoms with Crippen molar-refractivity contribution in [2.24, 2.45) is 40.5 Å². The van der Waals surface area contributed by atoms with E-state index in [0.29, 0.717) is 19.3 Å². The first-order valence-electron chi connectivity index (χ1n) is 23.0. The normalized spacial score (nSPS) is 45.1. The van der Waals surface area contributed by atoms with E-state index in [1.54, 1.807) is 0 Å². The molecule has 3 aliphatic heterocycles. The molecule has 0 aromatic carbocycles. The number of hydrogen-bond acceptors (Lipinski definition) is 26. The Labute approximate surface area is 395 Å². The van der Waals surface area contributed by atoms with Crippen LogP contribution >= 0.6 is 0 Å². The number of carbonyl (C=O) groups excluding carboxylic acids is 2. The quantitative estimate of drug-likeness (QED) is 0.0571. The monoisotopic (exact) mass is 992 g/mol. The summed E-state index contributed by atoms with van der Waals surface area (Å²) in [5.41, 5.74) is 29.9. The van der Waals surface area contributed by atoms with Gasteiger partial charge in [-0.1, -0.05) is 34.1 Å². The van der Waals surface area contributed by atoms with Crippen LogP contribution in [0.5, 0.6) is 0 Å². The standard InChI is InChI=1S/C23H43N3O12.C18H34N2O9.CH4/c1-2-3-10(28)11(29)5-8-4-9(25)20(37-22-14(26)18(33)17(32)13(7-27)36-22)21(15(8)30)38-23-19(34)16(31)12(6-24)35-23;1-2-3-9(22)10(23)5-7-4-8(19)17(16(27)13(7)24)29-18-12(20)15(26)14(25)11(6-21)28-18;/h8-10,12-23,27-28,30-34H,2-7,24-26H2,1H3;7-9,11-18,21-22,24-27H,2-6,19-20H2,1H3;1H4/t8-,9?,10-,12+,13?,14?,15?,16-,17+,18+,19?,20+,21+,22+,23-;7-,8?,9-,11?,12?,13?,14+,15+,16+,17+,18+;/m00./s1. The lowest BCUT2D eigenvalue weighted by molar-refractivity contribution is -0.312. The second-order valence-electron chi connectivity index (χ2n) is 18.4. The van der Waals surface area contributed by atoms with Crippen LogP contribution in [0.15, 0.2) is 0 Å². The van der Waals surface area contributed by atoms with Gasteiger partial charge in [-0.2, -0.15) is 0 Å². The van der Waals surface area contributed by atoms with Gasteiger partial charge >= 0.3 is 0 Å². The fourth-order valence-corrected chi connectivity index (χ4v) is 9.20. The molecular formula is C42H81N5O21. The van der Waals surface area contributed by atoms with Crippen LogP contribution in [0.25, 0.3) is 0 Å². The van der Waals surface area contributed by atoms with Gasteiger partial charge < -0.3 is 123 Å². The second-order valence-corrected chi connectivity index (χ2v) is 18.4. The molecule has 0 spiro atoms. The number of ketones is 2. The molecule has 400 valence electrons. The third kappa shape index (κ3) is 14.3. The average molecular weight is 992 g/mol. The molecule has 3 heterocycles. The van der Waals surface area contributed by atoms with Crippen molar-refractivity contribution in [2.45, 2.75) is 219 Å². The summed E-state index contributed by atoms with van der Waals surface area (Å²) in [6.07, 6.45) is -24.6. The molecule has 0 radical (unpaired) electrons. The summed E-state index contributed by atoms with van der Waals surface area (Å²) in [7, 11) is 0. The third-order valence-electron chi connectivity index (χ3n) is 13.4. The summed E-state index contributed by atoms with van der Waals surface area (Å²) in [6, 6.07) is -4.13. The van der Waals surface area contributed by atoms with Gasteiger partial charge in [0.25, 0.3) is 0 Å². The molecule has 26 atom stereocenters. The molecule has 0 bridgehead atoms. The van der Waals surface area contributed by atoms with Gasteiger partial charge in [0.05, 0.1) is 37.5 Å². The lowest BCUT2D eigenvalue weighted by Gasteiger charge is -2.47. The maximum atomic E-state index is 12.6. The van der Waals surface area contributed by atoms with Crippen molar-refractivity contribution in [1.29, 1.82) is 0 Å². The van der Waals surface area contributed by atoms with E-state index in [2.05, 4.69) is 0 Å². The van der Waals surface area contributed by atoms with Gasteiger partial charge in [-0.05, 0) is 37.5 Å². The molecular weight excluding hydrogens is 910 g/mol. The molecule has 9 unspecified atom stereocenters. The van der Waals surface area contributed by atoms with Crippen LogP contribution in [0.4, 0.5) is 0 Å². The first kappa shape index (κ1) is 60.7. The Balaban J connectivity index is 0.000000368. The first-order valence-corrected chi connectivity index (χ1v) is 23.0. The van der Waals surface area contributed by atoms with E-state index in [1.165, 1.54) is 0 Å². The highest BCUT2D eigenvalue weighted by atomic mass is 16.7. The van der Waals surface area contributed by atoms with Crippen molar-refractivity contribution >= 4 is 11.6 Å². The van der Waals surface area contributed by atoms with E-state index in [-0.39, 0.29) is 46.1 Å². The van der Waals surface area contributed by atoms with E-state index in [0.717, 1.165) is 0 Å². The number of nitrogens with two attached hydrogens (primary N) is 5. The Bertz CT molecular complexity index is 1510. The van der Waals surface area contributed by atoms with Gasteiger partial charge in [0.1, 0.15) is 91.6 Å². The highest BCUT2D eigenvalue weighted by Crippen LogP contribution is 2.37. The van der Waals surface area contributed by atoms with Gasteiger partial charge in [-0.3, -0.25) is 9.59 Å². The molecule has 0 amide bonds. The van der Waals surface area contributed by atoms with Gasteiger partial charge in [0.15, 0.2) is 30.4 Å². The minimum Gasteiger partial charge on any atom is -0.394 e. The fourth-order valence-electron chi connectivity index (χ4n) is 9.20. The Morgan fingerprint density at radius 3 is 1.32 bits per heavy atom. The highest BCUT2D eigenvalue weighted by Gasteiger charge is 2.54. The van der Waals surface area contributed by atoms with Crippen LogP contribution in [-0.4, -0.2) is 245 Å². The zero-order chi connectivity index (χ0) is 50.2. The lowest BCUT2D eigenvalue weighted by Crippen LogP contribution is -2.66. The molecule has 5 fully saturated rings. The lowest BCUT2D eigenvalue weighted by atomic mass is 9.76. The van der Waals surface area contributed by atoms with Crippen LogP contribution in [0, 0.1) is 11.8 Å². The third-order valence-corrected chi connectivity index (χ3v) is 13.4. The van der Waals surface area contributed by atoms with Crippen molar-refractivity contribution in [3.63, 3.8) is 0 Å². The number of carbonyl (C=O) groups is 2. The van der Waals surface area contributed by atoms with Crippen molar-refractivity contribution in [3.8, 4) is 0 Å². The van der Waals surface area contributed by atoms with Gasteiger partial charge in [-0.25, -0.2) is 0 Å². The first-order chi connectivity index (χ1) is 31.6. The van der Waals surface area contributed by atoms with Crippen molar-refractivity contribution in [1.82, 2.24) is 0 Å². The number of hydrogen-bond donors (Lipinski definition) is 18. The number of ether oxygens (including phenoxy) is 6. The summed E-state index contributed by atoms with van der Waals surface area (Å²) in [5.74, 6) is -2.31. The number of rotatable bonds is 19. The number of aliphatic hydroxyl groups is 13. The summed E-state index contributed by atoms with van der Waals surface area (Å²) in [6.45, 7) is 2.30. The maximum Gasteiger partial charge on any atom is 0.187 e. The van der Waals surface area contributed by atoms with Crippen molar-refractivity contribution in [2.75, 3.05) is 19.8 Å². The predicted octanol–water partition coefficient (Wildman–Crippen LogP) is -8.28. The van der Waals surface area contributed by atoms with E-state index in [9.17, 15) is 76.0 Å². The van der Waals surface area contributed by atoms with E-state index >= 15 is 0 Å². The summed E-state index contributed by atoms with van der Waals surface area (Å²) < 4.78 is 33.9. The Kier molecular flexibility index (Phi) is 24.5. The zero-order valence-electron chi connectivity index (χ0n) is 37.8. The SMILES string of the molecule is C.CCC[C@H](O)C(=O)C[C@@H]1CC(N)[C@@H](O[C@H]2OC(CO)[C@@H](O)[C@H](O)C2N)[C@H](O)C1O.CCC[C@H](O)C(=O)C[C@@H]1CC(N)[C@@H](O[C@H]2OC(CO)[C@@H](O)[C@H](O)C2N)[C@H](O[C@@H]2O[C@H](CN)[C@H](O)C2O)C1O. The average Bonchev–Trinajstić information content (AvgIpc) is 3.57. The Morgan fingerprint density at radius 1 is 0.529 bits per heavy atom. The summed E-state index contributed by atoms with van der Waals surface area (Å²) in [5, 5.41) is 132. The minimum absolute atomic E-state index is 0. The topological polar surface area (TPSA) is 483 Å². The molecule has 0 aromatic heterocycles. The number of aliphatic hydroxyl groups excluding tert-OH is 13. The van der Waals surface area contributed by atoms with Crippen LogP contribution in [0.3, 0.4) is 0 Å². The van der Waals surface area contributed by atoms with E-state index in [1.807, 2.05) is 13.8 Å². The molecule has 0 aromatic rings. The summed E-state index contributed by atoms with van der Waals surface area (Å²) >= 11 is 0. The molecule has 23 N–H and O–H groups in total. The minimum atomic E-state index is -1.52. The van der Waals surface area contributed by atoms with Crippen molar-refractivity contribution in [3.05, 3.63) is 0 Å². The zero-order valence-corrected chi connectivity index (χ0v) is 37.8. The molecule has 2 saturated carbocycles. The van der Waals surface area contributed by atoms with E-state index < -0.39 is 183 Å². The fraction of sp³-hybridized carbons (Fsp3) is 0.952. The highest BCUT2D eigenvalue weighted by molar-refractivity contribution is 5.83. The Morgan fingerprint density at radius 2 is 0.912 bits per heavy atom. The van der Waals surface area contributed by atoms with Gasteiger partial charge in [0.2, 0.25) is 0 Å².